The number of carbonyl (C=O) groups is 2. The molecule has 4 aliphatic rings. The molecule has 74 heavy (non-hydrogen) atoms. The van der Waals surface area contributed by atoms with E-state index >= 15 is 0 Å². The number of carbonyl (C=O) groups excluding carboxylic acids is 2. The Balaban J connectivity index is 0.660. The van der Waals surface area contributed by atoms with E-state index in [0.29, 0.717) is 66.8 Å². The van der Waals surface area contributed by atoms with Crippen LogP contribution < -0.4 is 30.3 Å². The molecule has 6 atom stereocenters. The third-order valence-corrected chi connectivity index (χ3v) is 16.3. The lowest BCUT2D eigenvalue weighted by Gasteiger charge is -2.43. The van der Waals surface area contributed by atoms with E-state index < -0.39 is 12.0 Å². The number of benzene rings is 2. The van der Waals surface area contributed by atoms with Gasteiger partial charge in [0.25, 0.3) is 5.88 Å². The van der Waals surface area contributed by atoms with Crippen LogP contribution in [0.25, 0.3) is 21.7 Å². The van der Waals surface area contributed by atoms with Gasteiger partial charge in [-0.05, 0) is 92.9 Å². The lowest BCUT2D eigenvalue weighted by molar-refractivity contribution is -0.141. The van der Waals surface area contributed by atoms with Gasteiger partial charge in [-0.1, -0.05) is 50.2 Å². The molecule has 2 bridgehead atoms. The maximum atomic E-state index is 14.2. The number of pyridine rings is 1. The summed E-state index contributed by atoms with van der Waals surface area (Å²) in [5, 5.41) is 26.4. The minimum absolute atomic E-state index is 0.0917. The second-order valence-electron chi connectivity index (χ2n) is 20.5. The molecule has 3 unspecified atom stereocenters. The number of ether oxygens (including phenoxy) is 2. The van der Waals surface area contributed by atoms with Gasteiger partial charge in [-0.25, -0.2) is 9.97 Å². The van der Waals surface area contributed by atoms with E-state index in [4.69, 9.17) is 19.7 Å². The van der Waals surface area contributed by atoms with E-state index in [1.54, 1.807) is 34.4 Å². The molecule has 0 saturated carbocycles. The first kappa shape index (κ1) is 50.7. The molecule has 4 saturated heterocycles. The van der Waals surface area contributed by atoms with Crippen molar-refractivity contribution in [3.05, 3.63) is 102 Å². The van der Waals surface area contributed by atoms with Crippen molar-refractivity contribution in [1.29, 1.82) is 0 Å². The number of nitrogens with two attached hydrogens (primary N) is 1. The maximum absolute atomic E-state index is 14.2. The number of aromatic hydroxyl groups is 1. The lowest BCUT2D eigenvalue weighted by Crippen LogP contribution is -2.54. The predicted molar refractivity (Wildman–Crippen MR) is 285 cm³/mol. The molecule has 2 aromatic carbocycles. The number of anilines is 3. The molecule has 4 fully saturated rings. The van der Waals surface area contributed by atoms with Crippen LogP contribution in [0.5, 0.6) is 17.5 Å². The number of rotatable bonds is 18. The van der Waals surface area contributed by atoms with E-state index in [-0.39, 0.29) is 41.6 Å². The number of fused-ring (bicyclic) bond motifs is 2. The van der Waals surface area contributed by atoms with Crippen LogP contribution >= 0.6 is 11.3 Å². The quantitative estimate of drug-likeness (QED) is 0.0780. The van der Waals surface area contributed by atoms with Crippen LogP contribution in [-0.4, -0.2) is 147 Å². The number of phenols is 1. The first-order valence-electron chi connectivity index (χ1n) is 26.1. The van der Waals surface area contributed by atoms with Gasteiger partial charge in [0.2, 0.25) is 17.7 Å². The highest BCUT2D eigenvalue weighted by molar-refractivity contribution is 7.13. The number of aromatic nitrogens is 5. The van der Waals surface area contributed by atoms with Crippen molar-refractivity contribution in [3.63, 3.8) is 0 Å². The number of likely N-dealkylation sites (tertiary alicyclic amines) is 1. The number of nitrogens with zero attached hydrogens (tertiary/aromatic N) is 10. The Kier molecular flexibility index (Phi) is 15.3. The van der Waals surface area contributed by atoms with Gasteiger partial charge in [0, 0.05) is 100 Å². The number of phenolic OH excluding ortho intramolecular Hbond substituents is 1. The normalized spacial score (nSPS) is 21.0. The Labute approximate surface area is 436 Å². The number of hydrogen-bond donors (Lipinski definition) is 3. The maximum Gasteiger partial charge on any atom is 0.254 e. The molecule has 390 valence electrons. The fourth-order valence-corrected chi connectivity index (χ4v) is 12.2. The molecule has 4 aromatic heterocycles. The van der Waals surface area contributed by atoms with Gasteiger partial charge in [-0.3, -0.25) is 19.4 Å². The predicted octanol–water partition coefficient (Wildman–Crippen LogP) is 7.18. The summed E-state index contributed by atoms with van der Waals surface area (Å²) in [5.41, 5.74) is 14.5. The zero-order chi connectivity index (χ0) is 51.5. The summed E-state index contributed by atoms with van der Waals surface area (Å²) < 4.78 is 18.2. The van der Waals surface area contributed by atoms with E-state index in [1.807, 2.05) is 69.7 Å². The number of nitrogen functional groups attached to an aromatic ring is 1. The van der Waals surface area contributed by atoms with Gasteiger partial charge in [-0.15, -0.1) is 21.5 Å². The number of hydrogen-bond acceptors (Lipinski definition) is 17. The van der Waals surface area contributed by atoms with Gasteiger partial charge in [0.15, 0.2) is 11.6 Å². The number of para-hydroxylation sites is 1. The van der Waals surface area contributed by atoms with Gasteiger partial charge in [0.1, 0.15) is 30.9 Å². The van der Waals surface area contributed by atoms with Crippen LogP contribution in [0.15, 0.2) is 89.0 Å². The van der Waals surface area contributed by atoms with Gasteiger partial charge in [-0.2, -0.15) is 0 Å². The molecule has 2 amide bonds. The van der Waals surface area contributed by atoms with E-state index in [0.717, 1.165) is 98.1 Å². The summed E-state index contributed by atoms with van der Waals surface area (Å²) in [6.45, 7) is 17.4. The molecule has 6 aromatic rings. The van der Waals surface area contributed by atoms with E-state index in [2.05, 4.69) is 81.4 Å². The average Bonchev–Trinajstić information content (AvgIpc) is 4.22. The number of thiazole rings is 1. The van der Waals surface area contributed by atoms with Crippen molar-refractivity contribution in [2.24, 2.45) is 5.92 Å². The van der Waals surface area contributed by atoms with E-state index in [9.17, 15) is 14.7 Å². The SMILES string of the molecule is Cc1ncsc1-c1ccc([C@H](C)NC(=O)[C@@H]2CCCN2C(=O)C(c2cc(OCCN3CCN(CCOc4cc(N5C6CCC5CN(c5cc(-c7ccccc7O)nnc5N)C6)ccn4)[C@H](C)C3)no2)C(C)C)cc1. The first-order valence-corrected chi connectivity index (χ1v) is 27.0. The molecule has 4 N–H and O–H groups in total. The van der Waals surface area contributed by atoms with Crippen LogP contribution in [-0.2, 0) is 9.59 Å². The van der Waals surface area contributed by atoms with Crippen molar-refractivity contribution >= 4 is 40.3 Å². The minimum Gasteiger partial charge on any atom is -0.507 e. The Morgan fingerprint density at radius 2 is 1.66 bits per heavy atom. The number of amides is 2. The smallest absolute Gasteiger partial charge is 0.254 e. The first-order chi connectivity index (χ1) is 35.9. The lowest BCUT2D eigenvalue weighted by atomic mass is 9.91. The van der Waals surface area contributed by atoms with Crippen molar-refractivity contribution < 1.29 is 28.7 Å². The van der Waals surface area contributed by atoms with Crippen molar-refractivity contribution in [2.45, 2.75) is 96.4 Å². The second-order valence-corrected chi connectivity index (χ2v) is 21.4. The summed E-state index contributed by atoms with van der Waals surface area (Å²) in [4.78, 5) is 49.4. The zero-order valence-corrected chi connectivity index (χ0v) is 43.8. The summed E-state index contributed by atoms with van der Waals surface area (Å²) in [6.07, 6.45) is 5.33. The molecule has 4 aliphatic heterocycles. The number of aryl methyl sites for hydroxylation is 1. The third-order valence-electron chi connectivity index (χ3n) is 15.3. The van der Waals surface area contributed by atoms with Crippen LogP contribution in [0.2, 0.25) is 0 Å². The largest absolute Gasteiger partial charge is 0.507 e. The summed E-state index contributed by atoms with van der Waals surface area (Å²) >= 11 is 1.61. The van der Waals surface area contributed by atoms with Gasteiger partial charge < -0.3 is 44.9 Å². The molecule has 0 spiro atoms. The van der Waals surface area contributed by atoms with Crippen LogP contribution in [0, 0.1) is 12.8 Å². The fraction of sp³-hybridized carbons (Fsp3) is 0.473. The zero-order valence-electron chi connectivity index (χ0n) is 43.0. The van der Waals surface area contributed by atoms with Gasteiger partial charge in [0.05, 0.1) is 33.5 Å². The van der Waals surface area contributed by atoms with Crippen molar-refractivity contribution in [2.75, 3.05) is 81.1 Å². The Morgan fingerprint density at radius 1 is 0.892 bits per heavy atom. The monoisotopic (exact) mass is 1020 g/mol. The highest BCUT2D eigenvalue weighted by Gasteiger charge is 2.42. The summed E-state index contributed by atoms with van der Waals surface area (Å²) in [7, 11) is 0. The van der Waals surface area contributed by atoms with Crippen molar-refractivity contribution in [3.8, 4) is 39.2 Å². The van der Waals surface area contributed by atoms with Crippen LogP contribution in [0.4, 0.5) is 17.2 Å². The highest BCUT2D eigenvalue weighted by Crippen LogP contribution is 2.40. The Bertz CT molecular complexity index is 2880. The number of nitrogens with one attached hydrogen (secondary N) is 1. The summed E-state index contributed by atoms with van der Waals surface area (Å²) in [6, 6.07) is 23.3. The number of piperazine rings is 2. The topological polar surface area (TPSA) is 205 Å². The second kappa shape index (κ2) is 22.3. The standard InChI is InChI=1S/C55H68N12O6S/c1-34(2)51(55(70)66-20-8-10-45(66)54(69)59-36(4)38-12-14-39(15-13-38)52-37(5)58-33-74-52)48-29-50(62-73-48)72-25-23-63-21-22-64(35(3)30-63)24-26-71-49-27-40(18-19-57-49)67-41-16-17-42(67)32-65(31-41)46-28-44(60-61-53(46)56)43-9-6-7-11-47(43)68/h6-7,9,11-15,18-19,27-29,33-36,41-42,45,51,68H,8,10,16-17,20-26,30-32H2,1-5H3,(H2,56,61)(H,59,69)/t35-,36+,41?,42?,45+,51?/m1/s1. The van der Waals surface area contributed by atoms with E-state index in [1.165, 1.54) is 0 Å². The van der Waals surface area contributed by atoms with Crippen molar-refractivity contribution in [1.82, 2.24) is 45.3 Å². The van der Waals surface area contributed by atoms with Crippen LogP contribution in [0.1, 0.15) is 82.4 Å². The molecule has 10 rings (SSSR count). The molecule has 8 heterocycles. The fourth-order valence-electron chi connectivity index (χ4n) is 11.4. The Hall–Kier alpha value is -6.83. The molecular weight excluding hydrogens is 957 g/mol. The molecule has 18 nitrogen and oxygen atoms in total. The average molecular weight is 1030 g/mol. The minimum atomic E-state index is -0.604. The highest BCUT2D eigenvalue weighted by atomic mass is 32.1. The molecule has 19 heteroatoms. The molecule has 0 radical (unpaired) electrons. The molecule has 0 aliphatic carbocycles. The third kappa shape index (κ3) is 11.0. The molecular formula is C55H68N12O6S. The Morgan fingerprint density at radius 3 is 2.41 bits per heavy atom. The summed E-state index contributed by atoms with van der Waals surface area (Å²) in [5.74, 6) is 0.979. The van der Waals surface area contributed by atoms with Crippen LogP contribution in [0.3, 0.4) is 0 Å². The van der Waals surface area contributed by atoms with Gasteiger partial charge >= 0.3 is 0 Å².